The Labute approximate surface area is 378 Å². The second-order valence-corrected chi connectivity index (χ2v) is 16.0. The number of nitrogens with zero attached hydrogens (tertiary/aromatic N) is 4. The van der Waals surface area contributed by atoms with Crippen molar-refractivity contribution in [1.82, 2.24) is 30.4 Å². The van der Waals surface area contributed by atoms with Crippen molar-refractivity contribution in [1.29, 1.82) is 0 Å². The van der Waals surface area contributed by atoms with E-state index < -0.39 is 11.9 Å². The van der Waals surface area contributed by atoms with Crippen LogP contribution in [0.1, 0.15) is 24.0 Å². The third-order valence-electron chi connectivity index (χ3n) is 8.94. The van der Waals surface area contributed by atoms with Crippen molar-refractivity contribution in [3.05, 3.63) is 121 Å². The first-order valence-electron chi connectivity index (χ1n) is 19.8. The standard InChI is InChI=1S/2C20H23N3O4S.C4H4O4/c2*1-26-16-6-2-3-7-17(16)27-14-20-23(9-10-28-20)19(25)11-18(24)22-13-15-5-4-8-21-12-15;5-3(6)1-2-4(7)8/h2*2-8,12,20H,9-11,13-14H2,1H3,(H,22,24);1-2H,(H,5,6)(H,7,8). The number of para-hydroxylation sites is 4. The van der Waals surface area contributed by atoms with Crippen LogP contribution in [0.25, 0.3) is 0 Å². The van der Waals surface area contributed by atoms with E-state index in [1.807, 2.05) is 60.7 Å². The summed E-state index contributed by atoms with van der Waals surface area (Å²) in [5.41, 5.74) is 1.78. The highest BCUT2D eigenvalue weighted by atomic mass is 32.2. The topological polar surface area (TPSA) is 236 Å². The Bertz CT molecular complexity index is 2020. The van der Waals surface area contributed by atoms with Gasteiger partial charge in [-0.05, 0) is 47.5 Å². The lowest BCUT2D eigenvalue weighted by atomic mass is 10.2. The molecule has 2 aliphatic heterocycles. The molecule has 4 N–H and O–H groups in total. The molecule has 0 aliphatic carbocycles. The average Bonchev–Trinajstić information content (AvgIpc) is 4.00. The number of rotatable bonds is 18. The maximum Gasteiger partial charge on any atom is 0.328 e. The van der Waals surface area contributed by atoms with Gasteiger partial charge in [0.15, 0.2) is 23.0 Å². The van der Waals surface area contributed by atoms with Crippen LogP contribution in [0.15, 0.2) is 110 Å². The largest absolute Gasteiger partial charge is 0.493 e. The smallest absolute Gasteiger partial charge is 0.328 e. The molecule has 2 atom stereocenters. The maximum absolute atomic E-state index is 12.6. The molecule has 64 heavy (non-hydrogen) atoms. The molecular formula is C44H50N6O12S2. The second-order valence-electron chi connectivity index (χ2n) is 13.4. The van der Waals surface area contributed by atoms with E-state index in [1.165, 1.54) is 0 Å². The van der Waals surface area contributed by atoms with E-state index in [0.717, 1.165) is 22.6 Å². The fourth-order valence-electron chi connectivity index (χ4n) is 5.84. The lowest BCUT2D eigenvalue weighted by Gasteiger charge is -2.24. The first-order valence-corrected chi connectivity index (χ1v) is 21.9. The van der Waals surface area contributed by atoms with Gasteiger partial charge in [0.05, 0.1) is 14.2 Å². The first kappa shape index (κ1) is 49.9. The molecule has 4 aromatic rings. The lowest BCUT2D eigenvalue weighted by Crippen LogP contribution is -2.40. The number of carboxylic acid groups (broad SMARTS) is 2. The molecule has 2 aliphatic rings. The normalized spacial score (nSPS) is 15.1. The minimum atomic E-state index is -1.26. The van der Waals surface area contributed by atoms with Crippen LogP contribution in [0.2, 0.25) is 0 Å². The fraction of sp³-hybridized carbons (Fsp3) is 0.318. The molecule has 4 amide bonds. The van der Waals surface area contributed by atoms with E-state index in [-0.39, 0.29) is 47.2 Å². The van der Waals surface area contributed by atoms with Gasteiger partial charge in [-0.1, -0.05) is 36.4 Å². The third-order valence-corrected chi connectivity index (χ3v) is 11.3. The number of hydrogen-bond donors (Lipinski definition) is 4. The number of pyridine rings is 2. The number of benzene rings is 2. The molecule has 0 saturated carbocycles. The predicted octanol–water partition coefficient (Wildman–Crippen LogP) is 3.87. The van der Waals surface area contributed by atoms with Crippen molar-refractivity contribution in [3.63, 3.8) is 0 Å². The fourth-order valence-corrected chi connectivity index (χ4v) is 8.12. The van der Waals surface area contributed by atoms with E-state index in [4.69, 9.17) is 29.2 Å². The van der Waals surface area contributed by atoms with Gasteiger partial charge in [0, 0.05) is 74.6 Å². The number of nitrogens with one attached hydrogen (secondary N) is 2. The van der Waals surface area contributed by atoms with Crippen molar-refractivity contribution in [3.8, 4) is 23.0 Å². The van der Waals surface area contributed by atoms with E-state index in [1.54, 1.807) is 84.5 Å². The van der Waals surface area contributed by atoms with Crippen molar-refractivity contribution in [2.24, 2.45) is 0 Å². The van der Waals surface area contributed by atoms with Gasteiger partial charge in [0.2, 0.25) is 23.6 Å². The van der Waals surface area contributed by atoms with Crippen LogP contribution >= 0.6 is 23.5 Å². The molecule has 2 aromatic heterocycles. The van der Waals surface area contributed by atoms with Crippen LogP contribution < -0.4 is 29.6 Å². The highest BCUT2D eigenvalue weighted by Gasteiger charge is 2.32. The average molecular weight is 919 g/mol. The van der Waals surface area contributed by atoms with E-state index >= 15 is 0 Å². The minimum Gasteiger partial charge on any atom is -0.493 e. The first-order chi connectivity index (χ1) is 31.0. The molecule has 0 bridgehead atoms. The summed E-state index contributed by atoms with van der Waals surface area (Å²) in [5.74, 6) is 0.732. The summed E-state index contributed by atoms with van der Waals surface area (Å²) < 4.78 is 22.3. The van der Waals surface area contributed by atoms with E-state index in [9.17, 15) is 28.8 Å². The zero-order valence-corrected chi connectivity index (χ0v) is 36.8. The quantitative estimate of drug-likeness (QED) is 0.0819. The number of thioether (sulfide) groups is 2. The van der Waals surface area contributed by atoms with Crippen LogP contribution in [0.4, 0.5) is 0 Å². The van der Waals surface area contributed by atoms with E-state index in [2.05, 4.69) is 20.6 Å². The Kier molecular flexibility index (Phi) is 21.3. The molecule has 4 heterocycles. The van der Waals surface area contributed by atoms with Gasteiger partial charge in [-0.25, -0.2) is 9.59 Å². The monoisotopic (exact) mass is 918 g/mol. The molecule has 20 heteroatoms. The second kappa shape index (κ2) is 27.3. The summed E-state index contributed by atoms with van der Waals surface area (Å²) in [4.78, 5) is 79.9. The number of amides is 4. The number of ether oxygens (including phenoxy) is 4. The maximum atomic E-state index is 12.6. The Morgan fingerprint density at radius 1 is 0.625 bits per heavy atom. The van der Waals surface area contributed by atoms with Gasteiger partial charge in [-0.3, -0.25) is 29.1 Å². The van der Waals surface area contributed by atoms with Gasteiger partial charge < -0.3 is 49.6 Å². The molecule has 2 saturated heterocycles. The Hall–Kier alpha value is -6.80. The van der Waals surface area contributed by atoms with Crippen molar-refractivity contribution < 1.29 is 57.9 Å². The van der Waals surface area contributed by atoms with Gasteiger partial charge in [-0.2, -0.15) is 0 Å². The number of carboxylic acids is 2. The minimum absolute atomic E-state index is 0.122. The Balaban J connectivity index is 0.000000240. The zero-order chi connectivity index (χ0) is 46.1. The molecule has 18 nitrogen and oxygen atoms in total. The molecule has 2 aromatic carbocycles. The lowest BCUT2D eigenvalue weighted by molar-refractivity contribution is -0.138. The summed E-state index contributed by atoms with van der Waals surface area (Å²) in [6.07, 6.45) is 7.48. The highest BCUT2D eigenvalue weighted by Crippen LogP contribution is 2.31. The van der Waals surface area contributed by atoms with Crippen molar-refractivity contribution in [2.75, 3.05) is 52.0 Å². The summed E-state index contributed by atoms with van der Waals surface area (Å²) in [6, 6.07) is 22.2. The number of aliphatic carboxylic acids is 2. The Morgan fingerprint density at radius 2 is 1.02 bits per heavy atom. The van der Waals surface area contributed by atoms with Crippen molar-refractivity contribution >= 4 is 59.1 Å². The molecule has 0 radical (unpaired) electrons. The van der Waals surface area contributed by atoms with Crippen LogP contribution in [0.3, 0.4) is 0 Å². The molecule has 2 unspecified atom stereocenters. The number of methoxy groups -OCH3 is 2. The van der Waals surface area contributed by atoms with Gasteiger partial charge >= 0.3 is 11.9 Å². The molecule has 6 rings (SSSR count). The SMILES string of the molecule is COc1ccccc1OCC1SCCN1C(=O)CC(=O)NCc1cccnc1.COc1ccccc1OCC1SCCN1C(=O)CC(=O)NCc1cccnc1.O=C(O)C=CC(=O)O. The number of hydrogen-bond acceptors (Lipinski definition) is 14. The summed E-state index contributed by atoms with van der Waals surface area (Å²) in [7, 11) is 3.18. The summed E-state index contributed by atoms with van der Waals surface area (Å²) >= 11 is 3.30. The zero-order valence-electron chi connectivity index (χ0n) is 35.2. The number of carbonyl (C=O) groups excluding carboxylic acids is 4. The van der Waals surface area contributed by atoms with E-state index in [0.29, 0.717) is 74.5 Å². The van der Waals surface area contributed by atoms with Crippen LogP contribution in [0, 0.1) is 0 Å². The van der Waals surface area contributed by atoms with Crippen molar-refractivity contribution in [2.45, 2.75) is 36.7 Å². The van der Waals surface area contributed by atoms with Crippen LogP contribution in [-0.4, -0.2) is 128 Å². The molecule has 0 spiro atoms. The molecule has 2 fully saturated rings. The number of carbonyl (C=O) groups is 6. The van der Waals surface area contributed by atoms with Gasteiger partial charge in [0.25, 0.3) is 0 Å². The summed E-state index contributed by atoms with van der Waals surface area (Å²) in [5, 5.41) is 20.9. The molecule has 340 valence electrons. The number of aromatic nitrogens is 2. The summed E-state index contributed by atoms with van der Waals surface area (Å²) in [6.45, 7) is 2.62. The van der Waals surface area contributed by atoms with Gasteiger partial charge in [-0.15, -0.1) is 23.5 Å². The Morgan fingerprint density at radius 3 is 1.36 bits per heavy atom. The highest BCUT2D eigenvalue weighted by molar-refractivity contribution is 8.00. The van der Waals surface area contributed by atoms with Gasteiger partial charge in [0.1, 0.15) is 36.8 Å². The van der Waals surface area contributed by atoms with Crippen LogP contribution in [-0.2, 0) is 41.9 Å². The third kappa shape index (κ3) is 17.5. The predicted molar refractivity (Wildman–Crippen MR) is 239 cm³/mol. The van der Waals surface area contributed by atoms with Crippen LogP contribution in [0.5, 0.6) is 23.0 Å². The molecular weight excluding hydrogens is 869 g/mol.